The highest BCUT2D eigenvalue weighted by Crippen LogP contribution is 2.48. The fourth-order valence-corrected chi connectivity index (χ4v) is 6.50. The van der Waals surface area contributed by atoms with Crippen LogP contribution in [0, 0.1) is 25.2 Å². The zero-order chi connectivity index (χ0) is 26.9. The first-order valence-corrected chi connectivity index (χ1v) is 13.4. The van der Waals surface area contributed by atoms with Crippen molar-refractivity contribution in [2.45, 2.75) is 33.1 Å². The van der Waals surface area contributed by atoms with Gasteiger partial charge < -0.3 is 9.47 Å². The molecule has 0 amide bonds. The number of nitriles is 1. The number of hydrogen-bond donors (Lipinski definition) is 0. The highest BCUT2D eigenvalue weighted by molar-refractivity contribution is 6.12. The van der Waals surface area contributed by atoms with E-state index in [2.05, 4.69) is 122 Å². The Labute approximate surface area is 229 Å². The molecule has 39 heavy (non-hydrogen) atoms. The number of para-hydroxylation sites is 2. The van der Waals surface area contributed by atoms with E-state index in [1.165, 1.54) is 49.7 Å². The summed E-state index contributed by atoms with van der Waals surface area (Å²) in [6, 6.07) is 39.1. The van der Waals surface area contributed by atoms with Gasteiger partial charge in [-0.05, 0) is 96.8 Å². The van der Waals surface area contributed by atoms with Gasteiger partial charge in [-0.3, -0.25) is 0 Å². The maximum Gasteiger partial charge on any atom is 0.0991 e. The summed E-state index contributed by atoms with van der Waals surface area (Å²) in [6.07, 6.45) is 0. The third kappa shape index (κ3) is 3.42. The Hall–Kier alpha value is -4.81. The van der Waals surface area contributed by atoms with Crippen molar-refractivity contribution in [1.82, 2.24) is 4.57 Å². The molecule has 0 saturated heterocycles. The van der Waals surface area contributed by atoms with Gasteiger partial charge in [0.15, 0.2) is 0 Å². The second-order valence-corrected chi connectivity index (χ2v) is 11.2. The number of benzene rings is 5. The summed E-state index contributed by atoms with van der Waals surface area (Å²) in [5.41, 5.74) is 12.7. The molecule has 1 aliphatic heterocycles. The van der Waals surface area contributed by atoms with Crippen molar-refractivity contribution in [3.8, 4) is 11.8 Å². The summed E-state index contributed by atoms with van der Waals surface area (Å²) in [5.74, 6) is 0. The minimum absolute atomic E-state index is 0.0864. The summed E-state index contributed by atoms with van der Waals surface area (Å²) in [5, 5.41) is 11.9. The molecule has 0 unspecified atom stereocenters. The van der Waals surface area contributed by atoms with Crippen LogP contribution in [0.4, 0.5) is 17.1 Å². The minimum atomic E-state index is -0.0864. The molecule has 0 saturated carbocycles. The van der Waals surface area contributed by atoms with Gasteiger partial charge in [-0.15, -0.1) is 0 Å². The molecule has 0 atom stereocenters. The second kappa shape index (κ2) is 8.35. The fourth-order valence-electron chi connectivity index (χ4n) is 6.50. The molecule has 2 heterocycles. The van der Waals surface area contributed by atoms with Crippen molar-refractivity contribution in [2.75, 3.05) is 4.90 Å². The summed E-state index contributed by atoms with van der Waals surface area (Å²) < 4.78 is 2.45. The van der Waals surface area contributed by atoms with Gasteiger partial charge in [0.25, 0.3) is 0 Å². The maximum atomic E-state index is 9.39. The number of aryl methyl sites for hydroxylation is 2. The summed E-state index contributed by atoms with van der Waals surface area (Å²) in [7, 11) is 0. The second-order valence-electron chi connectivity index (χ2n) is 11.2. The Morgan fingerprint density at radius 1 is 0.667 bits per heavy atom. The quantitative estimate of drug-likeness (QED) is 0.241. The van der Waals surface area contributed by atoms with Crippen LogP contribution in [-0.2, 0) is 5.41 Å². The van der Waals surface area contributed by atoms with Crippen LogP contribution < -0.4 is 4.90 Å². The van der Waals surface area contributed by atoms with Crippen LogP contribution >= 0.6 is 0 Å². The fraction of sp³-hybridized carbons (Fsp3) is 0.139. The highest BCUT2D eigenvalue weighted by Gasteiger charge is 2.34. The smallest absolute Gasteiger partial charge is 0.0991 e. The first-order valence-electron chi connectivity index (χ1n) is 13.4. The van der Waals surface area contributed by atoms with Crippen LogP contribution in [0.3, 0.4) is 0 Å². The highest BCUT2D eigenvalue weighted by atomic mass is 15.1. The van der Waals surface area contributed by atoms with Crippen molar-refractivity contribution in [3.05, 3.63) is 131 Å². The first kappa shape index (κ1) is 23.3. The Balaban J connectivity index is 1.53. The number of hydrogen-bond acceptors (Lipinski definition) is 2. The lowest BCUT2D eigenvalue weighted by molar-refractivity contribution is 0.630. The van der Waals surface area contributed by atoms with Crippen LogP contribution in [0.5, 0.6) is 0 Å². The number of aromatic nitrogens is 1. The summed E-state index contributed by atoms with van der Waals surface area (Å²) in [4.78, 5) is 2.30. The van der Waals surface area contributed by atoms with Gasteiger partial charge in [0.1, 0.15) is 0 Å². The van der Waals surface area contributed by atoms with Crippen molar-refractivity contribution in [2.24, 2.45) is 0 Å². The van der Waals surface area contributed by atoms with Crippen LogP contribution in [0.2, 0.25) is 0 Å². The van der Waals surface area contributed by atoms with Gasteiger partial charge in [0.2, 0.25) is 0 Å². The van der Waals surface area contributed by atoms with E-state index in [1.807, 2.05) is 24.3 Å². The normalized spacial score (nSPS) is 13.3. The van der Waals surface area contributed by atoms with E-state index in [9.17, 15) is 5.26 Å². The van der Waals surface area contributed by atoms with E-state index in [0.717, 1.165) is 17.1 Å². The average Bonchev–Trinajstić information content (AvgIpc) is 3.26. The largest absolute Gasteiger partial charge is 0.310 e. The molecule has 3 nitrogen and oxygen atoms in total. The molecule has 1 aliphatic rings. The first-order chi connectivity index (χ1) is 18.9. The molecule has 7 rings (SSSR count). The SMILES string of the molecule is Cc1cc(C)cc(N(c2ccc(C#N)cc2)c2ccc3c(c2)c2cccc4c2n3-c2ccccc2C4(C)C)c1. The number of fused-ring (bicyclic) bond motifs is 5. The van der Waals surface area contributed by atoms with E-state index in [4.69, 9.17) is 0 Å². The van der Waals surface area contributed by atoms with Crippen molar-refractivity contribution < 1.29 is 0 Å². The molecular weight excluding hydrogens is 474 g/mol. The molecule has 3 heteroatoms. The van der Waals surface area contributed by atoms with Crippen LogP contribution in [0.15, 0.2) is 103 Å². The lowest BCUT2D eigenvalue weighted by Crippen LogP contribution is -2.26. The predicted molar refractivity (Wildman–Crippen MR) is 162 cm³/mol. The van der Waals surface area contributed by atoms with Crippen LogP contribution in [-0.4, -0.2) is 4.57 Å². The molecule has 1 aromatic heterocycles. The lowest BCUT2D eigenvalue weighted by Gasteiger charge is -2.34. The lowest BCUT2D eigenvalue weighted by atomic mass is 9.75. The Morgan fingerprint density at radius 3 is 2.10 bits per heavy atom. The van der Waals surface area contributed by atoms with E-state index >= 15 is 0 Å². The maximum absolute atomic E-state index is 9.39. The number of nitrogens with zero attached hydrogens (tertiary/aromatic N) is 3. The van der Waals surface area contributed by atoms with Crippen molar-refractivity contribution in [3.63, 3.8) is 0 Å². The van der Waals surface area contributed by atoms with Crippen LogP contribution in [0.1, 0.15) is 41.7 Å². The van der Waals surface area contributed by atoms with Gasteiger partial charge >= 0.3 is 0 Å². The predicted octanol–water partition coefficient (Wildman–Crippen LogP) is 9.38. The molecule has 0 spiro atoms. The van der Waals surface area contributed by atoms with Crippen molar-refractivity contribution >= 4 is 38.9 Å². The molecule has 6 aromatic rings. The molecule has 188 valence electrons. The Bertz CT molecular complexity index is 1950. The molecule has 0 N–H and O–H groups in total. The Morgan fingerprint density at radius 2 is 1.36 bits per heavy atom. The van der Waals surface area contributed by atoms with Gasteiger partial charge in [0.05, 0.1) is 28.4 Å². The molecule has 0 aliphatic carbocycles. The average molecular weight is 504 g/mol. The van der Waals surface area contributed by atoms with Gasteiger partial charge in [0, 0.05) is 33.2 Å². The molecule has 0 radical (unpaired) electrons. The summed E-state index contributed by atoms with van der Waals surface area (Å²) in [6.45, 7) is 8.95. The number of rotatable bonds is 3. The third-order valence-electron chi connectivity index (χ3n) is 8.24. The van der Waals surface area contributed by atoms with Crippen molar-refractivity contribution in [1.29, 1.82) is 5.26 Å². The standard InChI is InChI=1S/C36H29N3/c1-23-18-24(2)20-28(19-23)38(26-14-12-25(22-37)13-15-26)27-16-17-33-30(21-27)29-8-7-10-32-35(29)39(33)34-11-6-5-9-31(34)36(32,3)4/h5-21H,1-4H3. The molecule has 0 fully saturated rings. The number of anilines is 3. The van der Waals surface area contributed by atoms with Gasteiger partial charge in [-0.1, -0.05) is 56.3 Å². The molecule has 0 bridgehead atoms. The topological polar surface area (TPSA) is 32.0 Å². The van der Waals surface area contributed by atoms with E-state index < -0.39 is 0 Å². The van der Waals surface area contributed by atoms with E-state index in [-0.39, 0.29) is 5.41 Å². The van der Waals surface area contributed by atoms with E-state index in [0.29, 0.717) is 5.56 Å². The zero-order valence-electron chi connectivity index (χ0n) is 22.7. The van der Waals surface area contributed by atoms with Gasteiger partial charge in [-0.2, -0.15) is 5.26 Å². The monoisotopic (exact) mass is 503 g/mol. The van der Waals surface area contributed by atoms with Gasteiger partial charge in [-0.25, -0.2) is 0 Å². The van der Waals surface area contributed by atoms with E-state index in [1.54, 1.807) is 0 Å². The Kier molecular flexibility index (Phi) is 4.99. The molecule has 5 aromatic carbocycles. The minimum Gasteiger partial charge on any atom is -0.310 e. The third-order valence-corrected chi connectivity index (χ3v) is 8.24. The summed E-state index contributed by atoms with van der Waals surface area (Å²) >= 11 is 0. The van der Waals surface area contributed by atoms with Crippen LogP contribution in [0.25, 0.3) is 27.5 Å². The molecular formula is C36H29N3. The zero-order valence-corrected chi connectivity index (χ0v) is 22.7.